The van der Waals surface area contributed by atoms with Crippen LogP contribution in [0.25, 0.3) is 11.1 Å². The quantitative estimate of drug-likeness (QED) is 0.311. The van der Waals surface area contributed by atoms with Gasteiger partial charge in [0.2, 0.25) is 0 Å². The Morgan fingerprint density at radius 3 is 2.12 bits per heavy atom. The van der Waals surface area contributed by atoms with E-state index in [0.29, 0.717) is 12.4 Å². The van der Waals surface area contributed by atoms with Gasteiger partial charge in [0.05, 0.1) is 17.7 Å². The lowest BCUT2D eigenvalue weighted by atomic mass is 10.0. The van der Waals surface area contributed by atoms with Crippen LogP contribution in [0.15, 0.2) is 73.3 Å². The van der Waals surface area contributed by atoms with Crippen molar-refractivity contribution in [1.82, 2.24) is 19.7 Å². The zero-order chi connectivity index (χ0) is 24.3. The average Bonchev–Trinajstić information content (AvgIpc) is 3.24. The molecule has 0 radical (unpaired) electrons. The predicted molar refractivity (Wildman–Crippen MR) is 113 cm³/mol. The van der Waals surface area contributed by atoms with Crippen molar-refractivity contribution in [2.24, 2.45) is 0 Å². The van der Waals surface area contributed by atoms with E-state index in [1.807, 2.05) is 36.4 Å². The maximum absolute atomic E-state index is 13.1. The summed E-state index contributed by atoms with van der Waals surface area (Å²) in [6, 6.07) is 13.1. The van der Waals surface area contributed by atoms with Crippen LogP contribution < -0.4 is 0 Å². The Bertz CT molecular complexity index is 1230. The van der Waals surface area contributed by atoms with Gasteiger partial charge < -0.3 is 4.57 Å². The zero-order valence-electron chi connectivity index (χ0n) is 17.6. The van der Waals surface area contributed by atoms with Gasteiger partial charge in [0.25, 0.3) is 0 Å². The molecule has 0 fully saturated rings. The van der Waals surface area contributed by atoms with E-state index in [0.717, 1.165) is 28.8 Å². The van der Waals surface area contributed by atoms with Gasteiger partial charge in [0, 0.05) is 18.8 Å². The number of hydrogen-bond donors (Lipinski definition) is 0. The first kappa shape index (κ1) is 23.5. The second kappa shape index (κ2) is 9.28. The Balaban J connectivity index is 1.57. The highest BCUT2D eigenvalue weighted by atomic mass is 19.4. The molecule has 176 valence electrons. The fraction of sp³-hybridized carbons (Fsp3) is 0.208. The van der Waals surface area contributed by atoms with Crippen LogP contribution in [0, 0.1) is 0 Å². The summed E-state index contributed by atoms with van der Waals surface area (Å²) < 4.78 is 80.5. The molecule has 2 aromatic heterocycles. The summed E-state index contributed by atoms with van der Waals surface area (Å²) in [6.07, 6.45) is -4.87. The SMILES string of the molecule is FC(F)(F)c1cc(CCc2nncn2Cc2cnccc2-c2ccccc2)cc(C(F)(F)F)c1. The molecular formula is C24H18F6N4. The molecule has 0 aliphatic carbocycles. The van der Waals surface area contributed by atoms with E-state index < -0.39 is 23.5 Å². The summed E-state index contributed by atoms with van der Waals surface area (Å²) >= 11 is 0. The zero-order valence-corrected chi connectivity index (χ0v) is 17.6. The third-order valence-electron chi connectivity index (χ3n) is 5.31. The lowest BCUT2D eigenvalue weighted by molar-refractivity contribution is -0.143. The second-order valence-electron chi connectivity index (χ2n) is 7.69. The molecule has 0 atom stereocenters. The summed E-state index contributed by atoms with van der Waals surface area (Å²) in [4.78, 5) is 4.17. The average molecular weight is 476 g/mol. The number of aromatic nitrogens is 4. The number of halogens is 6. The van der Waals surface area contributed by atoms with Crippen molar-refractivity contribution in [1.29, 1.82) is 0 Å². The minimum absolute atomic E-state index is 0.0652. The normalized spacial score (nSPS) is 12.2. The Morgan fingerprint density at radius 1 is 0.794 bits per heavy atom. The first-order chi connectivity index (χ1) is 16.1. The summed E-state index contributed by atoms with van der Waals surface area (Å²) in [5, 5.41) is 7.90. The van der Waals surface area contributed by atoms with Crippen LogP contribution in [0.1, 0.15) is 28.1 Å². The lowest BCUT2D eigenvalue weighted by Crippen LogP contribution is -2.12. The number of nitrogens with zero attached hydrogens (tertiary/aromatic N) is 4. The third-order valence-corrected chi connectivity index (χ3v) is 5.31. The van der Waals surface area contributed by atoms with Crippen molar-refractivity contribution in [2.75, 3.05) is 0 Å². The molecule has 2 heterocycles. The molecule has 0 N–H and O–H groups in total. The molecule has 0 aliphatic rings. The minimum Gasteiger partial charge on any atom is -0.313 e. The molecule has 0 saturated heterocycles. The van der Waals surface area contributed by atoms with E-state index in [1.54, 1.807) is 17.0 Å². The second-order valence-corrected chi connectivity index (χ2v) is 7.69. The molecule has 0 saturated carbocycles. The molecule has 0 unspecified atom stereocenters. The predicted octanol–water partition coefficient (Wildman–Crippen LogP) is 6.21. The smallest absolute Gasteiger partial charge is 0.313 e. The van der Waals surface area contributed by atoms with Crippen molar-refractivity contribution >= 4 is 0 Å². The van der Waals surface area contributed by atoms with Crippen molar-refractivity contribution in [3.63, 3.8) is 0 Å². The number of benzene rings is 2. The number of pyridine rings is 1. The van der Waals surface area contributed by atoms with Crippen LogP contribution in [-0.2, 0) is 31.7 Å². The van der Waals surface area contributed by atoms with Gasteiger partial charge in [-0.2, -0.15) is 26.3 Å². The van der Waals surface area contributed by atoms with Gasteiger partial charge >= 0.3 is 12.4 Å². The summed E-state index contributed by atoms with van der Waals surface area (Å²) in [5.41, 5.74) is 0.0562. The van der Waals surface area contributed by atoms with Gasteiger partial charge in [-0.1, -0.05) is 30.3 Å². The van der Waals surface area contributed by atoms with Gasteiger partial charge in [0.1, 0.15) is 12.2 Å². The van der Waals surface area contributed by atoms with E-state index in [4.69, 9.17) is 0 Å². The van der Waals surface area contributed by atoms with Gasteiger partial charge in [-0.3, -0.25) is 4.98 Å². The van der Waals surface area contributed by atoms with E-state index in [9.17, 15) is 26.3 Å². The Hall–Kier alpha value is -3.69. The molecule has 2 aromatic carbocycles. The molecule has 4 rings (SSSR count). The highest BCUT2D eigenvalue weighted by Crippen LogP contribution is 2.36. The van der Waals surface area contributed by atoms with E-state index in [1.165, 1.54) is 6.33 Å². The molecule has 0 aliphatic heterocycles. The Labute approximate surface area is 190 Å². The molecule has 34 heavy (non-hydrogen) atoms. The molecule has 10 heteroatoms. The topological polar surface area (TPSA) is 43.6 Å². The fourth-order valence-electron chi connectivity index (χ4n) is 3.66. The number of aryl methyl sites for hydroxylation is 2. The first-order valence-electron chi connectivity index (χ1n) is 10.2. The minimum atomic E-state index is -4.88. The van der Waals surface area contributed by atoms with E-state index >= 15 is 0 Å². The lowest BCUT2D eigenvalue weighted by Gasteiger charge is -2.14. The monoisotopic (exact) mass is 476 g/mol. The molecular weight excluding hydrogens is 458 g/mol. The third kappa shape index (κ3) is 5.44. The Morgan fingerprint density at radius 2 is 1.47 bits per heavy atom. The largest absolute Gasteiger partial charge is 0.416 e. The Kier molecular flexibility index (Phi) is 6.41. The van der Waals surface area contributed by atoms with Crippen LogP contribution in [0.3, 0.4) is 0 Å². The van der Waals surface area contributed by atoms with Crippen molar-refractivity contribution in [3.8, 4) is 11.1 Å². The fourth-order valence-corrected chi connectivity index (χ4v) is 3.66. The molecule has 0 spiro atoms. The van der Waals surface area contributed by atoms with Crippen LogP contribution >= 0.6 is 0 Å². The molecule has 4 aromatic rings. The van der Waals surface area contributed by atoms with E-state index in [2.05, 4.69) is 15.2 Å². The summed E-state index contributed by atoms with van der Waals surface area (Å²) in [6.45, 7) is 0.344. The van der Waals surface area contributed by atoms with Crippen molar-refractivity contribution in [2.45, 2.75) is 31.7 Å². The highest BCUT2D eigenvalue weighted by molar-refractivity contribution is 5.66. The number of rotatable bonds is 6. The number of hydrogen-bond acceptors (Lipinski definition) is 3. The molecule has 0 amide bonds. The van der Waals surface area contributed by atoms with Crippen LogP contribution in [0.2, 0.25) is 0 Å². The molecule has 0 bridgehead atoms. The highest BCUT2D eigenvalue weighted by Gasteiger charge is 2.36. The maximum atomic E-state index is 13.1. The van der Waals surface area contributed by atoms with Crippen LogP contribution in [-0.4, -0.2) is 19.7 Å². The summed E-state index contributed by atoms with van der Waals surface area (Å²) in [5.74, 6) is 0.439. The van der Waals surface area contributed by atoms with Crippen molar-refractivity contribution in [3.05, 3.63) is 101 Å². The van der Waals surface area contributed by atoms with Gasteiger partial charge in [-0.05, 0) is 52.9 Å². The standard InChI is InChI=1S/C24H18F6N4/c25-23(26,27)19-10-16(11-20(12-19)24(28,29)30)6-7-22-33-32-15-34(22)14-18-13-31-9-8-21(18)17-4-2-1-3-5-17/h1-5,8-13,15H,6-7,14H2. The van der Waals surface area contributed by atoms with E-state index in [-0.39, 0.29) is 24.5 Å². The summed E-state index contributed by atoms with van der Waals surface area (Å²) in [7, 11) is 0. The van der Waals surface area contributed by atoms with Crippen LogP contribution in [0.4, 0.5) is 26.3 Å². The van der Waals surface area contributed by atoms with Crippen LogP contribution in [0.5, 0.6) is 0 Å². The van der Waals surface area contributed by atoms with Crippen molar-refractivity contribution < 1.29 is 26.3 Å². The van der Waals surface area contributed by atoms with Gasteiger partial charge in [-0.25, -0.2) is 0 Å². The van der Waals surface area contributed by atoms with Gasteiger partial charge in [-0.15, -0.1) is 10.2 Å². The molecule has 4 nitrogen and oxygen atoms in total. The van der Waals surface area contributed by atoms with Gasteiger partial charge in [0.15, 0.2) is 0 Å². The first-order valence-corrected chi connectivity index (χ1v) is 10.2. The maximum Gasteiger partial charge on any atom is 0.416 e. The number of alkyl halides is 6.